The molecule has 5 aromatic rings. The van der Waals surface area contributed by atoms with Crippen LogP contribution < -0.4 is 16.8 Å². The van der Waals surface area contributed by atoms with Gasteiger partial charge >= 0.3 is 5.97 Å². The Balaban J connectivity index is 1.52. The molecule has 11 heteroatoms. The van der Waals surface area contributed by atoms with Gasteiger partial charge in [-0.1, -0.05) is 66.7 Å². The minimum absolute atomic E-state index is 0.0297. The SMILES string of the molecule is COC(=O)C(N)(c1ccc2c(C(=O)NCc3ccc(C(=N)N)cc3)cccc2c1)S(=O)(=O)c1cccc2cccnc12. The van der Waals surface area contributed by atoms with E-state index in [0.717, 1.165) is 12.7 Å². The maximum atomic E-state index is 14.1. The molecule has 0 fully saturated rings. The molecule has 1 atom stereocenters. The standard InChI is InChI=1S/C31H27N5O5S/c1-41-30(38)31(34,42(39,40)26-9-3-5-20-7-4-16-35-27(20)26)23-14-15-24-22(17-23)6-2-8-25(24)29(37)36-18-19-10-12-21(13-11-19)28(32)33/h2-17H,18,34H2,1H3,(H3,32,33)(H,36,37). The normalized spacial score (nSPS) is 12.9. The third kappa shape index (κ3) is 4.84. The average molecular weight is 582 g/mol. The number of amides is 1. The number of methoxy groups -OCH3 is 1. The van der Waals surface area contributed by atoms with Gasteiger partial charge in [0, 0.05) is 29.3 Å². The first-order chi connectivity index (χ1) is 20.1. The Morgan fingerprint density at radius 2 is 1.64 bits per heavy atom. The van der Waals surface area contributed by atoms with Crippen molar-refractivity contribution in [2.75, 3.05) is 7.11 Å². The lowest BCUT2D eigenvalue weighted by molar-refractivity contribution is -0.144. The second-order valence-corrected chi connectivity index (χ2v) is 11.7. The first-order valence-electron chi connectivity index (χ1n) is 12.8. The van der Waals surface area contributed by atoms with Crippen LogP contribution in [0.2, 0.25) is 0 Å². The summed E-state index contributed by atoms with van der Waals surface area (Å²) in [6.07, 6.45) is 1.46. The number of benzene rings is 4. The van der Waals surface area contributed by atoms with Gasteiger partial charge in [-0.3, -0.25) is 20.9 Å². The molecule has 1 unspecified atom stereocenters. The van der Waals surface area contributed by atoms with Gasteiger partial charge in [-0.15, -0.1) is 0 Å². The van der Waals surface area contributed by atoms with Crippen LogP contribution in [0.25, 0.3) is 21.7 Å². The van der Waals surface area contributed by atoms with E-state index in [4.69, 9.17) is 21.6 Å². The van der Waals surface area contributed by atoms with Crippen molar-refractivity contribution in [3.63, 3.8) is 0 Å². The average Bonchev–Trinajstić information content (AvgIpc) is 3.01. The fraction of sp³-hybridized carbons (Fsp3) is 0.0968. The van der Waals surface area contributed by atoms with Crippen LogP contribution in [0.5, 0.6) is 0 Å². The predicted octanol–water partition coefficient (Wildman–Crippen LogP) is 3.36. The van der Waals surface area contributed by atoms with Gasteiger partial charge in [0.2, 0.25) is 14.7 Å². The van der Waals surface area contributed by atoms with Crippen LogP contribution in [0.15, 0.2) is 102 Å². The zero-order chi connectivity index (χ0) is 30.1. The van der Waals surface area contributed by atoms with Gasteiger partial charge in [-0.2, -0.15) is 0 Å². The van der Waals surface area contributed by atoms with Crippen LogP contribution in [-0.4, -0.2) is 38.2 Å². The summed E-state index contributed by atoms with van der Waals surface area (Å²) in [6, 6.07) is 24.4. The number of carbonyl (C=O) groups is 2. The second-order valence-electron chi connectivity index (χ2n) is 9.60. The van der Waals surface area contributed by atoms with Gasteiger partial charge in [0.25, 0.3) is 5.91 Å². The summed E-state index contributed by atoms with van der Waals surface area (Å²) in [5, 5.41) is 12.0. The molecule has 0 aliphatic carbocycles. The number of sulfone groups is 1. The first kappa shape index (κ1) is 28.4. The number of hydrogen-bond donors (Lipinski definition) is 4. The molecular weight excluding hydrogens is 554 g/mol. The van der Waals surface area contributed by atoms with E-state index in [1.165, 1.54) is 24.4 Å². The number of nitrogen functional groups attached to an aromatic ring is 1. The van der Waals surface area contributed by atoms with Crippen molar-refractivity contribution < 1.29 is 22.7 Å². The summed E-state index contributed by atoms with van der Waals surface area (Å²) in [6.45, 7) is 0.233. The third-order valence-electron chi connectivity index (χ3n) is 7.07. The first-order valence-corrected chi connectivity index (χ1v) is 14.3. The zero-order valence-electron chi connectivity index (χ0n) is 22.5. The number of ether oxygens (including phenoxy) is 1. The fourth-order valence-electron chi connectivity index (χ4n) is 4.79. The molecule has 0 saturated carbocycles. The van der Waals surface area contributed by atoms with Crippen LogP contribution in [0, 0.1) is 5.41 Å². The van der Waals surface area contributed by atoms with Crippen molar-refractivity contribution in [2.24, 2.45) is 11.5 Å². The van der Waals surface area contributed by atoms with Crippen molar-refractivity contribution in [3.8, 4) is 0 Å². The van der Waals surface area contributed by atoms with E-state index >= 15 is 0 Å². The lowest BCUT2D eigenvalue weighted by Crippen LogP contribution is -2.52. The van der Waals surface area contributed by atoms with E-state index < -0.39 is 20.7 Å². The number of nitrogens with one attached hydrogen (secondary N) is 2. The van der Waals surface area contributed by atoms with Crippen molar-refractivity contribution >= 4 is 49.2 Å². The molecule has 5 rings (SSSR count). The summed E-state index contributed by atoms with van der Waals surface area (Å²) in [5.41, 5.74) is 13.9. The molecule has 0 spiro atoms. The number of para-hydroxylation sites is 1. The summed E-state index contributed by atoms with van der Waals surface area (Å²) >= 11 is 0. The number of esters is 1. The van der Waals surface area contributed by atoms with E-state index in [2.05, 4.69) is 10.3 Å². The molecule has 212 valence electrons. The summed E-state index contributed by atoms with van der Waals surface area (Å²) in [5.74, 6) is -1.57. The number of nitrogens with two attached hydrogens (primary N) is 2. The highest BCUT2D eigenvalue weighted by Gasteiger charge is 2.52. The monoisotopic (exact) mass is 581 g/mol. The van der Waals surface area contributed by atoms with Gasteiger partial charge in [0.05, 0.1) is 17.5 Å². The number of amidine groups is 1. The third-order valence-corrected chi connectivity index (χ3v) is 9.23. The van der Waals surface area contributed by atoms with Gasteiger partial charge in [0.1, 0.15) is 5.84 Å². The molecule has 1 heterocycles. The van der Waals surface area contributed by atoms with Gasteiger partial charge in [0.15, 0.2) is 0 Å². The van der Waals surface area contributed by atoms with E-state index in [-0.39, 0.29) is 34.3 Å². The van der Waals surface area contributed by atoms with Crippen LogP contribution in [0.1, 0.15) is 27.0 Å². The smallest absolute Gasteiger partial charge is 0.346 e. The molecule has 1 aromatic heterocycles. The highest BCUT2D eigenvalue weighted by atomic mass is 32.2. The number of carbonyl (C=O) groups excluding carboxylic acids is 2. The van der Waals surface area contributed by atoms with Gasteiger partial charge in [-0.25, -0.2) is 13.2 Å². The summed E-state index contributed by atoms with van der Waals surface area (Å²) in [7, 11) is -3.53. The summed E-state index contributed by atoms with van der Waals surface area (Å²) < 4.78 is 33.1. The van der Waals surface area contributed by atoms with Crippen LogP contribution in [0.3, 0.4) is 0 Å². The number of aromatic nitrogens is 1. The maximum absolute atomic E-state index is 14.1. The number of nitrogens with zero attached hydrogens (tertiary/aromatic N) is 1. The minimum atomic E-state index is -4.59. The Morgan fingerprint density at radius 1 is 0.952 bits per heavy atom. The number of hydrogen-bond acceptors (Lipinski definition) is 8. The largest absolute Gasteiger partial charge is 0.467 e. The highest BCUT2D eigenvalue weighted by Crippen LogP contribution is 2.36. The van der Waals surface area contributed by atoms with Crippen LogP contribution in [-0.2, 0) is 30.8 Å². The van der Waals surface area contributed by atoms with Crippen molar-refractivity contribution in [1.29, 1.82) is 5.41 Å². The Labute approximate surface area is 241 Å². The van der Waals surface area contributed by atoms with Crippen LogP contribution >= 0.6 is 0 Å². The molecule has 42 heavy (non-hydrogen) atoms. The molecule has 4 aromatic carbocycles. The van der Waals surface area contributed by atoms with Crippen molar-refractivity contribution in [1.82, 2.24) is 10.3 Å². The lowest BCUT2D eigenvalue weighted by Gasteiger charge is -2.27. The molecule has 0 saturated heterocycles. The molecule has 0 radical (unpaired) electrons. The summed E-state index contributed by atoms with van der Waals surface area (Å²) in [4.78, 5) is 27.7. The van der Waals surface area contributed by atoms with E-state index in [9.17, 15) is 18.0 Å². The predicted molar refractivity (Wildman–Crippen MR) is 159 cm³/mol. The molecule has 10 nitrogen and oxygen atoms in total. The lowest BCUT2D eigenvalue weighted by atomic mass is 9.98. The van der Waals surface area contributed by atoms with Gasteiger partial charge in [-0.05, 0) is 46.2 Å². The number of pyridine rings is 1. The fourth-order valence-corrected chi connectivity index (χ4v) is 6.56. The molecule has 0 bridgehead atoms. The van der Waals surface area contributed by atoms with E-state index in [1.807, 2.05) is 0 Å². The molecular formula is C31H27N5O5S. The van der Waals surface area contributed by atoms with E-state index in [1.54, 1.807) is 72.8 Å². The molecule has 0 aliphatic heterocycles. The quantitative estimate of drug-likeness (QED) is 0.122. The molecule has 0 aliphatic rings. The zero-order valence-corrected chi connectivity index (χ0v) is 23.3. The van der Waals surface area contributed by atoms with Crippen molar-refractivity contribution in [2.45, 2.75) is 16.3 Å². The topological polar surface area (TPSA) is 178 Å². The molecule has 6 N–H and O–H groups in total. The maximum Gasteiger partial charge on any atom is 0.346 e. The Morgan fingerprint density at radius 3 is 2.36 bits per heavy atom. The van der Waals surface area contributed by atoms with Crippen LogP contribution in [0.4, 0.5) is 0 Å². The Kier molecular flexibility index (Phi) is 7.46. The Hall–Kier alpha value is -5.13. The number of rotatable bonds is 8. The van der Waals surface area contributed by atoms with E-state index in [0.29, 0.717) is 27.3 Å². The highest BCUT2D eigenvalue weighted by molar-refractivity contribution is 7.93. The minimum Gasteiger partial charge on any atom is -0.467 e. The van der Waals surface area contributed by atoms with Crippen molar-refractivity contribution in [3.05, 3.63) is 119 Å². The van der Waals surface area contributed by atoms with Gasteiger partial charge < -0.3 is 15.8 Å². The Bertz CT molecular complexity index is 1970. The second kappa shape index (κ2) is 11.0. The number of fused-ring (bicyclic) bond motifs is 2. The molecule has 1 amide bonds.